The molecule has 4 aromatic rings. The Bertz CT molecular complexity index is 1220. The van der Waals surface area contributed by atoms with Crippen LogP contribution in [0.15, 0.2) is 67.0 Å². The number of hydrogen-bond acceptors (Lipinski definition) is 4. The summed E-state index contributed by atoms with van der Waals surface area (Å²) in [6.45, 7) is 3.45. The Labute approximate surface area is 177 Å². The van der Waals surface area contributed by atoms with E-state index in [4.69, 9.17) is 0 Å². The van der Waals surface area contributed by atoms with Crippen LogP contribution in [0.3, 0.4) is 0 Å². The van der Waals surface area contributed by atoms with E-state index in [1.54, 1.807) is 62.6 Å². The zero-order valence-electron chi connectivity index (χ0n) is 16.9. The molecule has 0 unspecified atom stereocenters. The molecule has 8 heteroatoms. The highest BCUT2D eigenvalue weighted by atomic mass is 19.1. The molecule has 2 aromatic carbocycles. The molecular formula is C23H19F2N5O. The lowest BCUT2D eigenvalue weighted by molar-refractivity contribution is 0.0935. The third-order valence-corrected chi connectivity index (χ3v) is 4.94. The molecule has 0 spiro atoms. The molecule has 0 saturated carbocycles. The summed E-state index contributed by atoms with van der Waals surface area (Å²) < 4.78 is 28.5. The number of carbonyl (C=O) groups is 1. The van der Waals surface area contributed by atoms with E-state index in [0.29, 0.717) is 22.5 Å². The predicted octanol–water partition coefficient (Wildman–Crippen LogP) is 4.41. The summed E-state index contributed by atoms with van der Waals surface area (Å²) in [5, 5.41) is 11.1. The maximum atomic E-state index is 13.8. The molecule has 0 radical (unpaired) electrons. The summed E-state index contributed by atoms with van der Waals surface area (Å²) in [7, 11) is 0. The van der Waals surface area contributed by atoms with Crippen molar-refractivity contribution in [1.29, 1.82) is 0 Å². The summed E-state index contributed by atoms with van der Waals surface area (Å²) in [5.41, 5.74) is 3.02. The van der Waals surface area contributed by atoms with Crippen LogP contribution in [-0.4, -0.2) is 25.9 Å². The van der Waals surface area contributed by atoms with E-state index >= 15 is 0 Å². The minimum absolute atomic E-state index is 0.113. The normalized spacial score (nSPS) is 11.9. The molecule has 0 saturated heterocycles. The lowest BCUT2D eigenvalue weighted by Crippen LogP contribution is -2.27. The third-order valence-electron chi connectivity index (χ3n) is 4.94. The van der Waals surface area contributed by atoms with Crippen LogP contribution in [0.2, 0.25) is 0 Å². The minimum Gasteiger partial charge on any atom is -0.344 e. The molecule has 31 heavy (non-hydrogen) atoms. The average molecular weight is 419 g/mol. The Kier molecular flexibility index (Phi) is 5.53. The first-order valence-electron chi connectivity index (χ1n) is 9.63. The molecule has 1 N–H and O–H groups in total. The maximum Gasteiger partial charge on any atom is 0.274 e. The average Bonchev–Trinajstić information content (AvgIpc) is 3.22. The first-order valence-corrected chi connectivity index (χ1v) is 9.63. The van der Waals surface area contributed by atoms with Crippen LogP contribution >= 0.6 is 0 Å². The molecule has 6 nitrogen and oxygen atoms in total. The van der Waals surface area contributed by atoms with Gasteiger partial charge in [0.2, 0.25) is 0 Å². The van der Waals surface area contributed by atoms with Crippen LogP contribution in [0.5, 0.6) is 0 Å². The Morgan fingerprint density at radius 1 is 1.03 bits per heavy atom. The van der Waals surface area contributed by atoms with E-state index in [9.17, 15) is 13.6 Å². The van der Waals surface area contributed by atoms with Gasteiger partial charge in [-0.2, -0.15) is 0 Å². The summed E-state index contributed by atoms with van der Waals surface area (Å²) >= 11 is 0. The molecule has 156 valence electrons. The standard InChI is InChI=1S/C23H19F2N5O/c1-14-13-19(7-8-20(14)25)30-22(17-9-11-26-12-10-17)21(28-29-30)23(31)27-15(2)16-3-5-18(24)6-4-16/h3-13,15H,1-2H3,(H,27,31)/t15-/m1/s1. The highest BCUT2D eigenvalue weighted by Crippen LogP contribution is 2.26. The van der Waals surface area contributed by atoms with Crippen molar-refractivity contribution in [2.24, 2.45) is 0 Å². The van der Waals surface area contributed by atoms with Crippen molar-refractivity contribution in [3.63, 3.8) is 0 Å². The van der Waals surface area contributed by atoms with Crippen molar-refractivity contribution in [1.82, 2.24) is 25.3 Å². The largest absolute Gasteiger partial charge is 0.344 e. The molecular weight excluding hydrogens is 400 g/mol. The lowest BCUT2D eigenvalue weighted by Gasteiger charge is -2.14. The fourth-order valence-electron chi connectivity index (χ4n) is 3.24. The summed E-state index contributed by atoms with van der Waals surface area (Å²) in [5.74, 6) is -1.12. The quantitative estimate of drug-likeness (QED) is 0.520. The second-order valence-corrected chi connectivity index (χ2v) is 7.11. The van der Waals surface area contributed by atoms with Gasteiger partial charge in [0.1, 0.15) is 17.3 Å². The van der Waals surface area contributed by atoms with Crippen LogP contribution in [-0.2, 0) is 0 Å². The van der Waals surface area contributed by atoms with Gasteiger partial charge in [0.15, 0.2) is 5.69 Å². The van der Waals surface area contributed by atoms with Crippen molar-refractivity contribution >= 4 is 5.91 Å². The van der Waals surface area contributed by atoms with Crippen molar-refractivity contribution < 1.29 is 13.6 Å². The van der Waals surface area contributed by atoms with Gasteiger partial charge in [0.25, 0.3) is 5.91 Å². The lowest BCUT2D eigenvalue weighted by atomic mass is 10.1. The van der Waals surface area contributed by atoms with Crippen molar-refractivity contribution in [2.75, 3.05) is 0 Å². The molecule has 1 amide bonds. The number of rotatable bonds is 5. The monoisotopic (exact) mass is 419 g/mol. The van der Waals surface area contributed by atoms with Gasteiger partial charge in [0.05, 0.1) is 11.7 Å². The van der Waals surface area contributed by atoms with Gasteiger partial charge in [-0.05, 0) is 67.4 Å². The van der Waals surface area contributed by atoms with Gasteiger partial charge in [-0.3, -0.25) is 9.78 Å². The number of nitrogens with one attached hydrogen (secondary N) is 1. The molecule has 0 fully saturated rings. The number of nitrogens with zero attached hydrogens (tertiary/aromatic N) is 4. The van der Waals surface area contributed by atoms with Crippen LogP contribution in [0.25, 0.3) is 16.9 Å². The minimum atomic E-state index is -0.436. The van der Waals surface area contributed by atoms with E-state index in [2.05, 4.69) is 20.6 Å². The van der Waals surface area contributed by atoms with E-state index in [-0.39, 0.29) is 23.4 Å². The van der Waals surface area contributed by atoms with Gasteiger partial charge in [-0.1, -0.05) is 17.3 Å². The van der Waals surface area contributed by atoms with Crippen molar-refractivity contribution in [3.05, 3.63) is 95.4 Å². The number of aromatic nitrogens is 4. The summed E-state index contributed by atoms with van der Waals surface area (Å²) in [6, 6.07) is 13.6. The number of pyridine rings is 1. The zero-order valence-corrected chi connectivity index (χ0v) is 16.9. The number of amides is 1. The van der Waals surface area contributed by atoms with E-state index < -0.39 is 5.91 Å². The van der Waals surface area contributed by atoms with Crippen LogP contribution in [0, 0.1) is 18.6 Å². The fraction of sp³-hybridized carbons (Fsp3) is 0.130. The number of halogens is 2. The van der Waals surface area contributed by atoms with E-state index in [1.165, 1.54) is 22.9 Å². The van der Waals surface area contributed by atoms with Gasteiger partial charge in [-0.15, -0.1) is 5.10 Å². The number of aryl methyl sites for hydroxylation is 1. The highest BCUT2D eigenvalue weighted by Gasteiger charge is 2.24. The first-order chi connectivity index (χ1) is 14.9. The summed E-state index contributed by atoms with van der Waals surface area (Å²) in [4.78, 5) is 17.1. The van der Waals surface area contributed by atoms with Crippen LogP contribution < -0.4 is 5.32 Å². The Balaban J connectivity index is 1.73. The van der Waals surface area contributed by atoms with Crippen molar-refractivity contribution in [2.45, 2.75) is 19.9 Å². The zero-order chi connectivity index (χ0) is 22.0. The molecule has 1 atom stereocenters. The van der Waals surface area contributed by atoms with Gasteiger partial charge in [-0.25, -0.2) is 13.5 Å². The number of benzene rings is 2. The van der Waals surface area contributed by atoms with E-state index in [1.807, 2.05) is 0 Å². The second kappa shape index (κ2) is 8.43. The molecule has 4 rings (SSSR count). The molecule has 0 bridgehead atoms. The summed E-state index contributed by atoms with van der Waals surface area (Å²) in [6.07, 6.45) is 3.21. The molecule has 0 aliphatic heterocycles. The predicted molar refractivity (Wildman–Crippen MR) is 112 cm³/mol. The van der Waals surface area contributed by atoms with Gasteiger partial charge >= 0.3 is 0 Å². The number of hydrogen-bond donors (Lipinski definition) is 1. The van der Waals surface area contributed by atoms with Crippen LogP contribution in [0.1, 0.15) is 34.6 Å². The molecule has 0 aliphatic rings. The highest BCUT2D eigenvalue weighted by molar-refractivity contribution is 5.98. The topological polar surface area (TPSA) is 72.7 Å². The molecule has 2 heterocycles. The SMILES string of the molecule is Cc1cc(-n2nnc(C(=O)N[C@H](C)c3ccc(F)cc3)c2-c2ccncc2)ccc1F. The van der Waals surface area contributed by atoms with Crippen LogP contribution in [0.4, 0.5) is 8.78 Å². The third kappa shape index (κ3) is 4.18. The second-order valence-electron chi connectivity index (χ2n) is 7.11. The Morgan fingerprint density at radius 2 is 1.74 bits per heavy atom. The smallest absolute Gasteiger partial charge is 0.274 e. The first kappa shape index (κ1) is 20.3. The van der Waals surface area contributed by atoms with Gasteiger partial charge < -0.3 is 5.32 Å². The van der Waals surface area contributed by atoms with Gasteiger partial charge in [0, 0.05) is 18.0 Å². The fourth-order valence-corrected chi connectivity index (χ4v) is 3.24. The maximum absolute atomic E-state index is 13.8. The Hall–Kier alpha value is -3.94. The Morgan fingerprint density at radius 3 is 2.42 bits per heavy atom. The molecule has 2 aromatic heterocycles. The van der Waals surface area contributed by atoms with Crippen molar-refractivity contribution in [3.8, 4) is 16.9 Å². The number of carbonyl (C=O) groups excluding carboxylic acids is 1. The van der Waals surface area contributed by atoms with E-state index in [0.717, 1.165) is 5.56 Å². The molecule has 0 aliphatic carbocycles.